The lowest BCUT2D eigenvalue weighted by molar-refractivity contribution is -0.146. The molecule has 294 valence electrons. The van der Waals surface area contributed by atoms with Gasteiger partial charge < -0.3 is 13.9 Å². The van der Waals surface area contributed by atoms with Gasteiger partial charge in [0.25, 0.3) is 0 Å². The van der Waals surface area contributed by atoms with Gasteiger partial charge in [0.15, 0.2) is 0 Å². The number of esters is 2. The Kier molecular flexibility index (Phi) is 9.71. The van der Waals surface area contributed by atoms with Crippen molar-refractivity contribution in [3.8, 4) is 44.5 Å². The van der Waals surface area contributed by atoms with Crippen LogP contribution in [-0.2, 0) is 29.9 Å². The van der Waals surface area contributed by atoms with E-state index in [0.717, 1.165) is 79.3 Å². The molecule has 0 aliphatic heterocycles. The molecule has 0 bridgehead atoms. The van der Waals surface area contributed by atoms with E-state index in [1.54, 1.807) is 0 Å². The first-order chi connectivity index (χ1) is 28.7. The van der Waals surface area contributed by atoms with Crippen molar-refractivity contribution in [1.82, 2.24) is 0 Å². The van der Waals surface area contributed by atoms with E-state index in [0.29, 0.717) is 25.9 Å². The molecule has 1 aromatic heterocycles. The number of carbonyl (C=O) groups excluding carboxylic acids is 2. The van der Waals surface area contributed by atoms with E-state index in [4.69, 9.17) is 13.9 Å². The third-order valence-corrected chi connectivity index (χ3v) is 12.8. The first kappa shape index (κ1) is 38.1. The minimum absolute atomic E-state index is 0.255. The number of hydrogen-bond donors (Lipinski definition) is 0. The zero-order valence-corrected chi connectivity index (χ0v) is 34.0. The molecule has 5 nitrogen and oxygen atoms in total. The number of benzene rings is 6. The van der Waals surface area contributed by atoms with Crippen LogP contribution in [0.1, 0.15) is 75.1 Å². The Hall–Kier alpha value is -6.46. The van der Waals surface area contributed by atoms with Crippen LogP contribution in [0.4, 0.5) is 0 Å². The fourth-order valence-corrected chi connectivity index (χ4v) is 10.0. The highest BCUT2D eigenvalue weighted by molar-refractivity contribution is 6.09. The third kappa shape index (κ3) is 6.23. The first-order valence-electron chi connectivity index (χ1n) is 20.8. The lowest BCUT2D eigenvalue weighted by Gasteiger charge is -2.39. The van der Waals surface area contributed by atoms with E-state index < -0.39 is 23.5 Å². The second kappa shape index (κ2) is 15.0. The number of fused-ring (bicyclic) bond motifs is 9. The maximum atomic E-state index is 13.0. The summed E-state index contributed by atoms with van der Waals surface area (Å²) in [5.41, 5.74) is 15.1. The summed E-state index contributed by atoms with van der Waals surface area (Å²) in [5, 5.41) is 2.25. The van der Waals surface area contributed by atoms with Crippen LogP contribution in [0.25, 0.3) is 66.4 Å². The predicted molar refractivity (Wildman–Crippen MR) is 238 cm³/mol. The largest absolute Gasteiger partial charge is 0.463 e. The molecule has 2 atom stereocenters. The predicted octanol–water partition coefficient (Wildman–Crippen LogP) is 13.3. The van der Waals surface area contributed by atoms with Crippen LogP contribution in [-0.4, -0.2) is 24.6 Å². The molecule has 7 aromatic rings. The summed E-state index contributed by atoms with van der Waals surface area (Å²) in [6.45, 7) is 14.3. The van der Waals surface area contributed by atoms with Gasteiger partial charge in [-0.1, -0.05) is 137 Å². The van der Waals surface area contributed by atoms with Crippen molar-refractivity contribution in [2.45, 2.75) is 69.8 Å². The minimum atomic E-state index is -0.621. The highest BCUT2D eigenvalue weighted by atomic mass is 16.5. The number of furan rings is 1. The maximum absolute atomic E-state index is 13.0. The number of rotatable bonds is 13. The summed E-state index contributed by atoms with van der Waals surface area (Å²) in [4.78, 5) is 24.9. The molecule has 0 N–H and O–H groups in total. The van der Waals surface area contributed by atoms with Crippen LogP contribution in [0.5, 0.6) is 0 Å². The van der Waals surface area contributed by atoms with Crippen molar-refractivity contribution in [1.29, 1.82) is 0 Å². The van der Waals surface area contributed by atoms with Gasteiger partial charge in [-0.2, -0.15) is 0 Å². The highest BCUT2D eigenvalue weighted by Gasteiger charge is 2.50. The van der Waals surface area contributed by atoms with Gasteiger partial charge in [0, 0.05) is 33.9 Å². The molecule has 9 rings (SSSR count). The Balaban J connectivity index is 1.12. The van der Waals surface area contributed by atoms with Crippen LogP contribution in [0.3, 0.4) is 0 Å². The monoisotopic (exact) mass is 776 g/mol. The number of unbranched alkanes of at least 4 members (excludes halogenated alkanes) is 1. The summed E-state index contributed by atoms with van der Waals surface area (Å²) in [5.74, 6) is -0.853. The standard InChI is InChI=1S/C54H48O5/c1-6-16-49(59-51(56)8-3)54(29-13-14-30-57-50(55)7-2)44-21-11-9-17-38(44)41-27-24-35(32-47(41)54)34-23-26-39-40-28-25-36(33-46(40)53(4,5)45(39)31-34)37-19-15-20-43-42-18-10-12-22-48(42)58-52(37)43/h7-12,15,17-28,31-33,49H,2-3,6,13-14,16,29-30H2,1,4-5H3. The second-order valence-electron chi connectivity index (χ2n) is 16.5. The molecule has 59 heavy (non-hydrogen) atoms. The highest BCUT2D eigenvalue weighted by Crippen LogP contribution is 2.56. The van der Waals surface area contributed by atoms with Crippen molar-refractivity contribution in [3.05, 3.63) is 169 Å². The van der Waals surface area contributed by atoms with Gasteiger partial charge in [-0.15, -0.1) is 0 Å². The quantitative estimate of drug-likeness (QED) is 0.0663. The summed E-state index contributed by atoms with van der Waals surface area (Å²) < 4.78 is 18.2. The molecule has 5 heteroatoms. The molecule has 6 aromatic carbocycles. The smallest absolute Gasteiger partial charge is 0.330 e. The van der Waals surface area contributed by atoms with Crippen LogP contribution < -0.4 is 0 Å². The zero-order valence-electron chi connectivity index (χ0n) is 34.0. The van der Waals surface area contributed by atoms with E-state index >= 15 is 0 Å². The molecule has 1 heterocycles. The Labute approximate surface area is 346 Å². The van der Waals surface area contributed by atoms with Crippen molar-refractivity contribution >= 4 is 33.9 Å². The fraction of sp³-hybridized carbons (Fsp3) is 0.222. The van der Waals surface area contributed by atoms with Gasteiger partial charge in [0.1, 0.15) is 17.3 Å². The topological polar surface area (TPSA) is 65.7 Å². The van der Waals surface area contributed by atoms with Gasteiger partial charge >= 0.3 is 11.9 Å². The lowest BCUT2D eigenvalue weighted by Crippen LogP contribution is -2.42. The molecule has 0 saturated carbocycles. The molecule has 0 amide bonds. The van der Waals surface area contributed by atoms with E-state index in [-0.39, 0.29) is 5.41 Å². The van der Waals surface area contributed by atoms with Gasteiger partial charge in [-0.05, 0) is 111 Å². The average Bonchev–Trinajstić information content (AvgIpc) is 3.86. The van der Waals surface area contributed by atoms with Gasteiger partial charge in [0.2, 0.25) is 0 Å². The number of ether oxygens (including phenoxy) is 2. The van der Waals surface area contributed by atoms with Crippen LogP contribution in [0.2, 0.25) is 0 Å². The maximum Gasteiger partial charge on any atom is 0.330 e. The van der Waals surface area contributed by atoms with Gasteiger partial charge in [0.05, 0.1) is 12.0 Å². The first-order valence-corrected chi connectivity index (χ1v) is 20.8. The van der Waals surface area contributed by atoms with E-state index in [9.17, 15) is 9.59 Å². The second-order valence-corrected chi connectivity index (χ2v) is 16.5. The van der Waals surface area contributed by atoms with Crippen molar-refractivity contribution < 1.29 is 23.5 Å². The van der Waals surface area contributed by atoms with Crippen molar-refractivity contribution in [3.63, 3.8) is 0 Å². The van der Waals surface area contributed by atoms with E-state index in [1.807, 2.05) is 12.1 Å². The Morgan fingerprint density at radius 2 is 1.24 bits per heavy atom. The lowest BCUT2D eigenvalue weighted by atomic mass is 9.68. The fourth-order valence-electron chi connectivity index (χ4n) is 10.0. The Morgan fingerprint density at radius 3 is 1.97 bits per heavy atom. The number of para-hydroxylation sites is 2. The third-order valence-electron chi connectivity index (χ3n) is 12.8. The molecule has 2 unspecified atom stereocenters. The summed E-state index contributed by atoms with van der Waals surface area (Å²) >= 11 is 0. The molecule has 2 aliphatic carbocycles. The van der Waals surface area contributed by atoms with Crippen LogP contribution in [0, 0.1) is 0 Å². The SMILES string of the molecule is C=CC(=O)OCCCCC1(C(CCC)OC(=O)C=C)c2ccccc2-c2ccc(-c3ccc4c(c3)C(C)(C)c3cc(-c5cccc6c5oc5ccccc56)ccc3-4)cc21. The molecular formula is C54H48O5. The van der Waals surface area contributed by atoms with E-state index in [1.165, 1.54) is 34.4 Å². The summed E-state index contributed by atoms with van der Waals surface area (Å²) in [6.07, 6.45) is 5.67. The molecule has 0 saturated heterocycles. The average molecular weight is 777 g/mol. The molecule has 2 aliphatic rings. The molecular weight excluding hydrogens is 729 g/mol. The Morgan fingerprint density at radius 1 is 0.644 bits per heavy atom. The Bertz CT molecular complexity index is 2820. The van der Waals surface area contributed by atoms with E-state index in [2.05, 4.69) is 143 Å². The summed E-state index contributed by atoms with van der Waals surface area (Å²) in [7, 11) is 0. The molecule has 0 spiro atoms. The van der Waals surface area contributed by atoms with Crippen LogP contribution >= 0.6 is 0 Å². The van der Waals surface area contributed by atoms with Crippen LogP contribution in [0.15, 0.2) is 151 Å². The normalized spacial score (nSPS) is 16.2. The molecule has 0 fully saturated rings. The van der Waals surface area contributed by atoms with Crippen molar-refractivity contribution in [2.75, 3.05) is 6.61 Å². The minimum Gasteiger partial charge on any atom is -0.463 e. The zero-order chi connectivity index (χ0) is 40.9. The van der Waals surface area contributed by atoms with Gasteiger partial charge in [-0.3, -0.25) is 0 Å². The van der Waals surface area contributed by atoms with Gasteiger partial charge in [-0.25, -0.2) is 9.59 Å². The molecule has 0 radical (unpaired) electrons. The van der Waals surface area contributed by atoms with Crippen molar-refractivity contribution in [2.24, 2.45) is 0 Å². The number of carbonyl (C=O) groups is 2. The summed E-state index contributed by atoms with van der Waals surface area (Å²) in [6, 6.07) is 43.7. The number of hydrogen-bond acceptors (Lipinski definition) is 5.